The summed E-state index contributed by atoms with van der Waals surface area (Å²) in [7, 11) is -1.92. The van der Waals surface area contributed by atoms with Crippen LogP contribution in [0.4, 0.5) is 5.69 Å². The summed E-state index contributed by atoms with van der Waals surface area (Å²) in [6, 6.07) is 14.4. The van der Waals surface area contributed by atoms with E-state index in [9.17, 15) is 14.4 Å². The van der Waals surface area contributed by atoms with Crippen molar-refractivity contribution in [3.05, 3.63) is 65.7 Å². The van der Waals surface area contributed by atoms with Crippen LogP contribution in [0, 0.1) is 0 Å². The summed E-state index contributed by atoms with van der Waals surface area (Å²) in [5.41, 5.74) is 5.46. The highest BCUT2D eigenvalue weighted by atomic mass is 28.4. The zero-order valence-electron chi connectivity index (χ0n) is 20.5. The van der Waals surface area contributed by atoms with Crippen LogP contribution in [-0.4, -0.2) is 44.1 Å². The van der Waals surface area contributed by atoms with Gasteiger partial charge in [0.1, 0.15) is 0 Å². The molecule has 1 aliphatic heterocycles. The number of benzene rings is 2. The molecule has 0 bridgehead atoms. The van der Waals surface area contributed by atoms with Gasteiger partial charge in [-0.2, -0.15) is 0 Å². The number of amides is 3. The quantitative estimate of drug-likeness (QED) is 0.447. The topological polar surface area (TPSA) is 75.7 Å². The lowest BCUT2D eigenvalue weighted by atomic mass is 9.98. The molecule has 4 rings (SSSR count). The zero-order chi connectivity index (χ0) is 24.7. The van der Waals surface area contributed by atoms with Crippen molar-refractivity contribution in [2.24, 2.45) is 0 Å². The Balaban J connectivity index is 1.51. The van der Waals surface area contributed by atoms with Crippen LogP contribution < -0.4 is 5.32 Å². The Morgan fingerprint density at radius 3 is 2.32 bits per heavy atom. The predicted octanol–water partition coefficient (Wildman–Crippen LogP) is 5.07. The predicted molar refractivity (Wildman–Crippen MR) is 136 cm³/mol. The lowest BCUT2D eigenvalue weighted by Gasteiger charge is -2.37. The van der Waals surface area contributed by atoms with Gasteiger partial charge in [-0.3, -0.25) is 19.3 Å². The molecule has 7 heteroatoms. The minimum Gasteiger partial charge on any atom is -0.416 e. The zero-order valence-corrected chi connectivity index (χ0v) is 21.5. The van der Waals surface area contributed by atoms with Crippen LogP contribution in [0.15, 0.2) is 54.6 Å². The number of imide groups is 1. The van der Waals surface area contributed by atoms with Gasteiger partial charge >= 0.3 is 0 Å². The van der Waals surface area contributed by atoms with Crippen LogP contribution in [0.25, 0.3) is 11.1 Å². The van der Waals surface area contributed by atoms with Crippen LogP contribution in [0.3, 0.4) is 0 Å². The third kappa shape index (κ3) is 4.63. The minimum absolute atomic E-state index is 0.0500. The maximum atomic E-state index is 12.6. The van der Waals surface area contributed by atoms with E-state index in [1.165, 1.54) is 23.3 Å². The maximum Gasteiger partial charge on any atom is 0.253 e. The molecule has 178 valence electrons. The molecule has 0 fully saturated rings. The molecule has 0 spiro atoms. The molecule has 1 heterocycles. The van der Waals surface area contributed by atoms with E-state index in [-0.39, 0.29) is 41.6 Å². The number of nitrogens with one attached hydrogen (secondary N) is 1. The van der Waals surface area contributed by atoms with E-state index in [4.69, 9.17) is 4.43 Å². The summed E-state index contributed by atoms with van der Waals surface area (Å²) >= 11 is 0. The van der Waals surface area contributed by atoms with Gasteiger partial charge < -0.3 is 9.74 Å². The molecule has 0 saturated heterocycles. The van der Waals surface area contributed by atoms with E-state index in [0.717, 1.165) is 16.0 Å². The smallest absolute Gasteiger partial charge is 0.253 e. The van der Waals surface area contributed by atoms with Crippen LogP contribution >= 0.6 is 0 Å². The Bertz CT molecular complexity index is 1160. The van der Waals surface area contributed by atoms with Crippen molar-refractivity contribution in [1.29, 1.82) is 0 Å². The van der Waals surface area contributed by atoms with Gasteiger partial charge in [-0.25, -0.2) is 0 Å². The fourth-order valence-corrected chi connectivity index (χ4v) is 5.18. The molecular formula is C27H32N2O4Si. The number of rotatable bonds is 7. The molecule has 0 aromatic heterocycles. The standard InChI is InChI=1S/C27H32N2O4Si/c1-27(2,3)34(4,5)33-17-23-20-9-7-6-8-19(20)21-11-10-18(16-22(21)23)28-24(30)14-15-29-25(31)12-13-26(29)32/h6-13,16,23H,14-15,17H2,1-5H3,(H,28,30). The number of carbonyl (C=O) groups excluding carboxylic acids is 3. The lowest BCUT2D eigenvalue weighted by molar-refractivity contribution is -0.137. The van der Waals surface area contributed by atoms with Crippen LogP contribution in [0.2, 0.25) is 18.1 Å². The third-order valence-electron chi connectivity index (χ3n) is 7.22. The molecule has 0 radical (unpaired) electrons. The number of fused-ring (bicyclic) bond motifs is 3. The summed E-state index contributed by atoms with van der Waals surface area (Å²) in [4.78, 5) is 37.0. The molecular weight excluding hydrogens is 444 g/mol. The van der Waals surface area contributed by atoms with Gasteiger partial charge in [-0.15, -0.1) is 0 Å². The normalized spacial score (nSPS) is 17.2. The lowest BCUT2D eigenvalue weighted by Crippen LogP contribution is -2.41. The molecule has 6 nitrogen and oxygen atoms in total. The van der Waals surface area contributed by atoms with Crippen LogP contribution in [0.5, 0.6) is 0 Å². The minimum atomic E-state index is -1.92. The van der Waals surface area contributed by atoms with Crippen molar-refractivity contribution >= 4 is 31.7 Å². The van der Waals surface area contributed by atoms with Crippen molar-refractivity contribution < 1.29 is 18.8 Å². The first-order chi connectivity index (χ1) is 16.0. The molecule has 0 saturated carbocycles. The van der Waals surface area contributed by atoms with Gasteiger partial charge in [0, 0.05) is 43.3 Å². The Labute approximate surface area is 202 Å². The van der Waals surface area contributed by atoms with Crippen molar-refractivity contribution in [1.82, 2.24) is 4.90 Å². The van der Waals surface area contributed by atoms with E-state index >= 15 is 0 Å². The van der Waals surface area contributed by atoms with Crippen LogP contribution in [-0.2, 0) is 18.8 Å². The second kappa shape index (κ2) is 8.96. The third-order valence-corrected chi connectivity index (χ3v) is 11.7. The number of nitrogens with zero attached hydrogens (tertiary/aromatic N) is 1. The first-order valence-electron chi connectivity index (χ1n) is 11.7. The average molecular weight is 477 g/mol. The van der Waals surface area contributed by atoms with Crippen molar-refractivity contribution in [3.63, 3.8) is 0 Å². The highest BCUT2D eigenvalue weighted by Gasteiger charge is 2.39. The van der Waals surface area contributed by atoms with Gasteiger partial charge in [0.2, 0.25) is 5.91 Å². The first kappa shape index (κ1) is 24.1. The van der Waals surface area contributed by atoms with E-state index in [2.05, 4.69) is 57.4 Å². The van der Waals surface area contributed by atoms with E-state index in [0.29, 0.717) is 12.3 Å². The van der Waals surface area contributed by atoms with E-state index < -0.39 is 8.32 Å². The van der Waals surface area contributed by atoms with E-state index in [1.54, 1.807) is 0 Å². The maximum absolute atomic E-state index is 12.6. The number of carbonyl (C=O) groups is 3. The molecule has 1 atom stereocenters. The number of anilines is 1. The molecule has 34 heavy (non-hydrogen) atoms. The Kier molecular flexibility index (Phi) is 6.35. The van der Waals surface area contributed by atoms with Crippen LogP contribution in [0.1, 0.15) is 44.2 Å². The first-order valence-corrected chi connectivity index (χ1v) is 14.6. The molecule has 1 unspecified atom stereocenters. The molecule has 2 aromatic carbocycles. The molecule has 1 aliphatic carbocycles. The summed E-state index contributed by atoms with van der Waals surface area (Å²) in [5.74, 6) is -0.893. The van der Waals surface area contributed by atoms with Gasteiger partial charge in [-0.05, 0) is 52.5 Å². The highest BCUT2D eigenvalue weighted by molar-refractivity contribution is 6.74. The van der Waals surface area contributed by atoms with Gasteiger partial charge in [0.25, 0.3) is 11.8 Å². The summed E-state index contributed by atoms with van der Waals surface area (Å²) < 4.78 is 6.60. The van der Waals surface area contributed by atoms with Gasteiger partial charge in [0.05, 0.1) is 0 Å². The fraction of sp³-hybridized carbons (Fsp3) is 0.370. The van der Waals surface area contributed by atoms with Crippen molar-refractivity contribution in [3.8, 4) is 11.1 Å². The average Bonchev–Trinajstić information content (AvgIpc) is 3.26. The number of hydrogen-bond donors (Lipinski definition) is 1. The number of hydrogen-bond acceptors (Lipinski definition) is 4. The monoisotopic (exact) mass is 476 g/mol. The van der Waals surface area contributed by atoms with Gasteiger partial charge in [-0.1, -0.05) is 51.1 Å². The summed E-state index contributed by atoms with van der Waals surface area (Å²) in [6.07, 6.45) is 2.50. The molecule has 3 amide bonds. The highest BCUT2D eigenvalue weighted by Crippen LogP contribution is 2.47. The van der Waals surface area contributed by atoms with Gasteiger partial charge in [0.15, 0.2) is 8.32 Å². The Hall–Kier alpha value is -3.03. The summed E-state index contributed by atoms with van der Waals surface area (Å²) in [5, 5.41) is 3.05. The SMILES string of the molecule is CC(C)(C)[Si](C)(C)OCC1c2ccccc2-c2ccc(NC(=O)CCN3C(=O)C=CC3=O)cc21. The largest absolute Gasteiger partial charge is 0.416 e. The molecule has 2 aliphatic rings. The van der Waals surface area contributed by atoms with Crippen molar-refractivity contribution in [2.75, 3.05) is 18.5 Å². The fourth-order valence-electron chi connectivity index (χ4n) is 4.16. The molecule has 2 aromatic rings. The van der Waals surface area contributed by atoms with E-state index in [1.807, 2.05) is 24.3 Å². The second-order valence-corrected chi connectivity index (χ2v) is 15.3. The molecule has 1 N–H and O–H groups in total. The summed E-state index contributed by atoms with van der Waals surface area (Å²) in [6.45, 7) is 11.9. The van der Waals surface area contributed by atoms with Crippen molar-refractivity contribution in [2.45, 2.75) is 51.2 Å². The Morgan fingerprint density at radius 2 is 1.65 bits per heavy atom. The second-order valence-electron chi connectivity index (χ2n) is 10.5. The Morgan fingerprint density at radius 1 is 1.00 bits per heavy atom.